The van der Waals surface area contributed by atoms with Crippen LogP contribution >= 0.6 is 0 Å². The van der Waals surface area contributed by atoms with Crippen LogP contribution in [0.25, 0.3) is 0 Å². The van der Waals surface area contributed by atoms with Crippen molar-refractivity contribution >= 4 is 5.91 Å². The van der Waals surface area contributed by atoms with Gasteiger partial charge in [-0.2, -0.15) is 0 Å². The smallest absolute Gasteiger partial charge is 0.231 e. The molecule has 0 aromatic rings. The Balaban J connectivity index is 1.94. The third kappa shape index (κ3) is 2.95. The number of carbonyl (C=O) groups excluding carboxylic acids is 1. The monoisotopic (exact) mass is 225 g/mol. The van der Waals surface area contributed by atoms with E-state index in [-0.39, 0.29) is 5.91 Å². The Kier molecular flexibility index (Phi) is 4.18. The fraction of sp³-hybridized carbons (Fsp3) is 0.917. The van der Waals surface area contributed by atoms with Gasteiger partial charge in [0.05, 0.1) is 6.54 Å². The van der Waals surface area contributed by atoms with Crippen LogP contribution in [0.4, 0.5) is 0 Å². The predicted octanol–water partition coefficient (Wildman–Crippen LogP) is 0.326. The zero-order chi connectivity index (χ0) is 11.4. The van der Waals surface area contributed by atoms with Gasteiger partial charge in [-0.25, -0.2) is 0 Å². The van der Waals surface area contributed by atoms with Crippen LogP contribution in [0.3, 0.4) is 0 Å². The molecular weight excluding hydrogens is 202 g/mol. The number of hydrogen-bond acceptors (Lipinski definition) is 3. The number of hydrogen-bond donors (Lipinski definition) is 2. The van der Waals surface area contributed by atoms with Gasteiger partial charge in [-0.05, 0) is 18.8 Å². The van der Waals surface area contributed by atoms with E-state index in [1.165, 1.54) is 32.1 Å². The van der Waals surface area contributed by atoms with E-state index >= 15 is 0 Å². The summed E-state index contributed by atoms with van der Waals surface area (Å²) < 4.78 is 0. The van der Waals surface area contributed by atoms with Gasteiger partial charge in [0, 0.05) is 25.7 Å². The first-order valence-electron chi connectivity index (χ1n) is 6.50. The number of amides is 1. The summed E-state index contributed by atoms with van der Waals surface area (Å²) in [7, 11) is 0. The Morgan fingerprint density at radius 1 is 1.31 bits per heavy atom. The van der Waals surface area contributed by atoms with E-state index in [4.69, 9.17) is 5.73 Å². The molecule has 1 unspecified atom stereocenters. The lowest BCUT2D eigenvalue weighted by atomic mass is 9.82. The highest BCUT2D eigenvalue weighted by Crippen LogP contribution is 2.29. The molecule has 16 heavy (non-hydrogen) atoms. The molecule has 1 saturated carbocycles. The molecule has 3 N–H and O–H groups in total. The molecule has 2 aliphatic rings. The Bertz CT molecular complexity index is 238. The van der Waals surface area contributed by atoms with E-state index in [0.29, 0.717) is 12.6 Å². The van der Waals surface area contributed by atoms with Crippen LogP contribution in [0.5, 0.6) is 0 Å². The molecule has 92 valence electrons. The average Bonchev–Trinajstić information content (AvgIpc) is 2.30. The van der Waals surface area contributed by atoms with Gasteiger partial charge in [0.25, 0.3) is 0 Å². The first-order valence-corrected chi connectivity index (χ1v) is 6.50. The number of rotatable bonds is 3. The molecule has 1 atom stereocenters. The van der Waals surface area contributed by atoms with E-state index in [1.807, 2.05) is 0 Å². The van der Waals surface area contributed by atoms with Crippen molar-refractivity contribution in [2.75, 3.05) is 26.2 Å². The Labute approximate surface area is 97.6 Å². The summed E-state index contributed by atoms with van der Waals surface area (Å²) in [5.41, 5.74) is 5.31. The van der Waals surface area contributed by atoms with Gasteiger partial charge in [0.2, 0.25) is 5.91 Å². The Morgan fingerprint density at radius 3 is 2.75 bits per heavy atom. The lowest BCUT2D eigenvalue weighted by molar-refractivity contribution is -0.120. The predicted molar refractivity (Wildman–Crippen MR) is 64.0 cm³/mol. The largest absolute Gasteiger partial charge is 0.369 e. The van der Waals surface area contributed by atoms with Crippen LogP contribution < -0.4 is 11.1 Å². The molecule has 0 aromatic carbocycles. The van der Waals surface area contributed by atoms with Crippen LogP contribution in [0, 0.1) is 5.92 Å². The summed E-state index contributed by atoms with van der Waals surface area (Å²) in [6.45, 7) is 3.40. The summed E-state index contributed by atoms with van der Waals surface area (Å²) in [4.78, 5) is 13.3. The summed E-state index contributed by atoms with van der Waals surface area (Å²) in [5, 5.41) is 3.44. The zero-order valence-corrected chi connectivity index (χ0v) is 9.95. The number of nitrogens with two attached hydrogens (primary N) is 1. The minimum atomic E-state index is -0.192. The molecule has 0 bridgehead atoms. The third-order valence-electron chi connectivity index (χ3n) is 3.95. The van der Waals surface area contributed by atoms with Gasteiger partial charge in [-0.1, -0.05) is 19.3 Å². The highest BCUT2D eigenvalue weighted by molar-refractivity contribution is 5.76. The third-order valence-corrected chi connectivity index (χ3v) is 3.95. The fourth-order valence-electron chi connectivity index (χ4n) is 3.15. The maximum Gasteiger partial charge on any atom is 0.231 e. The topological polar surface area (TPSA) is 58.4 Å². The number of nitrogens with one attached hydrogen (secondary N) is 1. The van der Waals surface area contributed by atoms with Crippen LogP contribution in [-0.2, 0) is 4.79 Å². The molecule has 4 nitrogen and oxygen atoms in total. The average molecular weight is 225 g/mol. The van der Waals surface area contributed by atoms with Crippen molar-refractivity contribution in [2.45, 2.75) is 38.1 Å². The van der Waals surface area contributed by atoms with Crippen LogP contribution in [0.2, 0.25) is 0 Å². The van der Waals surface area contributed by atoms with Gasteiger partial charge >= 0.3 is 0 Å². The molecule has 1 aliphatic heterocycles. The molecular formula is C12H23N3O. The fourth-order valence-corrected chi connectivity index (χ4v) is 3.15. The van der Waals surface area contributed by atoms with E-state index in [1.54, 1.807) is 0 Å². The second-order valence-corrected chi connectivity index (χ2v) is 5.11. The molecule has 4 heteroatoms. The number of piperazine rings is 1. The van der Waals surface area contributed by atoms with Gasteiger partial charge in [0.1, 0.15) is 0 Å². The highest BCUT2D eigenvalue weighted by Gasteiger charge is 2.31. The molecule has 0 spiro atoms. The molecule has 2 fully saturated rings. The van der Waals surface area contributed by atoms with Crippen molar-refractivity contribution in [2.24, 2.45) is 11.7 Å². The van der Waals surface area contributed by atoms with Crippen molar-refractivity contribution in [3.05, 3.63) is 0 Å². The molecule has 1 aliphatic carbocycles. The summed E-state index contributed by atoms with van der Waals surface area (Å²) in [6.07, 6.45) is 6.73. The Morgan fingerprint density at radius 2 is 2.06 bits per heavy atom. The molecule has 1 saturated heterocycles. The molecule has 0 aromatic heterocycles. The second kappa shape index (κ2) is 5.64. The minimum absolute atomic E-state index is 0.192. The molecule has 1 heterocycles. The minimum Gasteiger partial charge on any atom is -0.369 e. The van der Waals surface area contributed by atoms with Gasteiger partial charge in [0.15, 0.2) is 0 Å². The van der Waals surface area contributed by atoms with E-state index in [9.17, 15) is 4.79 Å². The number of nitrogens with zero attached hydrogens (tertiary/aromatic N) is 1. The maximum atomic E-state index is 11.1. The zero-order valence-electron chi connectivity index (χ0n) is 9.95. The maximum absolute atomic E-state index is 11.1. The number of primary amides is 1. The van der Waals surface area contributed by atoms with Gasteiger partial charge in [-0.15, -0.1) is 0 Å². The second-order valence-electron chi connectivity index (χ2n) is 5.11. The van der Waals surface area contributed by atoms with Gasteiger partial charge < -0.3 is 11.1 Å². The van der Waals surface area contributed by atoms with Crippen molar-refractivity contribution in [3.63, 3.8) is 0 Å². The van der Waals surface area contributed by atoms with Crippen molar-refractivity contribution in [1.82, 2.24) is 10.2 Å². The first-order chi connectivity index (χ1) is 7.77. The SMILES string of the molecule is NC(=O)CN1CCNCC1C1CCCCC1. The quantitative estimate of drug-likeness (QED) is 0.727. The standard InChI is InChI=1S/C12H23N3O/c13-12(16)9-15-7-6-14-8-11(15)10-4-2-1-3-5-10/h10-11,14H,1-9H2,(H2,13,16). The van der Waals surface area contributed by atoms with Crippen LogP contribution in [0.15, 0.2) is 0 Å². The normalized spacial score (nSPS) is 29.1. The molecule has 1 amide bonds. The van der Waals surface area contributed by atoms with E-state index < -0.39 is 0 Å². The van der Waals surface area contributed by atoms with Crippen molar-refractivity contribution < 1.29 is 4.79 Å². The Hall–Kier alpha value is -0.610. The summed E-state index contributed by atoms with van der Waals surface area (Å²) >= 11 is 0. The summed E-state index contributed by atoms with van der Waals surface area (Å²) in [6, 6.07) is 0.529. The van der Waals surface area contributed by atoms with E-state index in [0.717, 1.165) is 25.6 Å². The lowest BCUT2D eigenvalue weighted by Crippen LogP contribution is -2.56. The van der Waals surface area contributed by atoms with Crippen molar-refractivity contribution in [3.8, 4) is 0 Å². The van der Waals surface area contributed by atoms with Crippen LogP contribution in [0.1, 0.15) is 32.1 Å². The van der Waals surface area contributed by atoms with Gasteiger partial charge in [-0.3, -0.25) is 9.69 Å². The summed E-state index contributed by atoms with van der Waals surface area (Å²) in [5.74, 6) is 0.573. The highest BCUT2D eigenvalue weighted by atomic mass is 16.1. The molecule has 2 rings (SSSR count). The molecule has 0 radical (unpaired) electrons. The lowest BCUT2D eigenvalue weighted by Gasteiger charge is -2.41. The van der Waals surface area contributed by atoms with E-state index in [2.05, 4.69) is 10.2 Å². The number of carbonyl (C=O) groups is 1. The van der Waals surface area contributed by atoms with Crippen molar-refractivity contribution in [1.29, 1.82) is 0 Å². The first kappa shape index (κ1) is 11.9. The van der Waals surface area contributed by atoms with Crippen LogP contribution in [-0.4, -0.2) is 43.0 Å².